The molecule has 69 heavy (non-hydrogen) atoms. The first-order valence-electron chi connectivity index (χ1n) is 23.6. The SMILES string of the molecule is COc1ccc(-c2ccc(N(c3ccc(-c4cccc5c4oc4c6ccccc6ccc54)cc3)c3ccccc3-c3ccc4c(c3)-c3ccccc3C4(c3ccccc3)c3ccccc3)cc2)cc1. The summed E-state index contributed by atoms with van der Waals surface area (Å²) in [6, 6.07) is 92.3. The van der Waals surface area contributed by atoms with Crippen LogP contribution in [0.2, 0.25) is 0 Å². The second kappa shape index (κ2) is 16.4. The summed E-state index contributed by atoms with van der Waals surface area (Å²) >= 11 is 0. The zero-order valence-corrected chi connectivity index (χ0v) is 38.0. The molecule has 0 atom stereocenters. The van der Waals surface area contributed by atoms with Gasteiger partial charge in [-0.2, -0.15) is 0 Å². The van der Waals surface area contributed by atoms with Crippen LogP contribution in [0, 0.1) is 0 Å². The van der Waals surface area contributed by atoms with Crippen molar-refractivity contribution in [1.29, 1.82) is 0 Å². The maximum absolute atomic E-state index is 6.79. The highest BCUT2D eigenvalue weighted by molar-refractivity contribution is 6.17. The van der Waals surface area contributed by atoms with E-state index in [1.807, 2.05) is 12.1 Å². The summed E-state index contributed by atoms with van der Waals surface area (Å²) in [5.41, 5.74) is 18.9. The number of furan rings is 1. The number of ether oxygens (including phenoxy) is 1. The maximum atomic E-state index is 6.79. The minimum atomic E-state index is -0.466. The molecule has 1 heterocycles. The Morgan fingerprint density at radius 3 is 1.61 bits per heavy atom. The number of fused-ring (bicyclic) bond motifs is 8. The zero-order chi connectivity index (χ0) is 45.9. The third kappa shape index (κ3) is 6.50. The van der Waals surface area contributed by atoms with Crippen LogP contribution in [0.3, 0.4) is 0 Å². The monoisotopic (exact) mass is 883 g/mol. The molecule has 12 aromatic rings. The van der Waals surface area contributed by atoms with Crippen LogP contribution in [0.1, 0.15) is 22.3 Å². The predicted octanol–water partition coefficient (Wildman–Crippen LogP) is 17.6. The van der Waals surface area contributed by atoms with Gasteiger partial charge in [0.25, 0.3) is 0 Å². The Labute approximate surface area is 401 Å². The van der Waals surface area contributed by atoms with E-state index in [0.717, 1.165) is 83.5 Å². The lowest BCUT2D eigenvalue weighted by Crippen LogP contribution is -2.28. The van der Waals surface area contributed by atoms with Crippen molar-refractivity contribution in [3.05, 3.63) is 277 Å². The number of hydrogen-bond donors (Lipinski definition) is 0. The zero-order valence-electron chi connectivity index (χ0n) is 38.0. The fourth-order valence-electron chi connectivity index (χ4n) is 11.1. The lowest BCUT2D eigenvalue weighted by atomic mass is 9.67. The van der Waals surface area contributed by atoms with Crippen LogP contribution in [0.15, 0.2) is 259 Å². The molecule has 1 aliphatic carbocycles. The molecule has 11 aromatic carbocycles. The van der Waals surface area contributed by atoms with Crippen molar-refractivity contribution in [2.45, 2.75) is 5.41 Å². The molecule has 0 fully saturated rings. The van der Waals surface area contributed by atoms with Gasteiger partial charge in [-0.3, -0.25) is 0 Å². The van der Waals surface area contributed by atoms with Crippen molar-refractivity contribution >= 4 is 49.8 Å². The van der Waals surface area contributed by atoms with Gasteiger partial charge in [0.15, 0.2) is 0 Å². The van der Waals surface area contributed by atoms with Crippen molar-refractivity contribution in [2.75, 3.05) is 12.0 Å². The smallest absolute Gasteiger partial charge is 0.143 e. The van der Waals surface area contributed by atoms with Crippen LogP contribution < -0.4 is 9.64 Å². The third-order valence-electron chi connectivity index (χ3n) is 14.3. The number of rotatable bonds is 9. The average molecular weight is 884 g/mol. The third-order valence-corrected chi connectivity index (χ3v) is 14.3. The summed E-state index contributed by atoms with van der Waals surface area (Å²) in [5.74, 6) is 0.840. The first-order valence-corrected chi connectivity index (χ1v) is 23.6. The van der Waals surface area contributed by atoms with Gasteiger partial charge >= 0.3 is 0 Å². The van der Waals surface area contributed by atoms with Gasteiger partial charge in [-0.25, -0.2) is 0 Å². The van der Waals surface area contributed by atoms with E-state index >= 15 is 0 Å². The van der Waals surface area contributed by atoms with Crippen molar-refractivity contribution in [3.8, 4) is 50.3 Å². The molecule has 13 rings (SSSR count). The summed E-state index contributed by atoms with van der Waals surface area (Å²) in [4.78, 5) is 2.39. The van der Waals surface area contributed by atoms with E-state index in [9.17, 15) is 0 Å². The molecule has 0 unspecified atom stereocenters. The molecule has 0 spiro atoms. The van der Waals surface area contributed by atoms with Gasteiger partial charge in [-0.15, -0.1) is 0 Å². The minimum Gasteiger partial charge on any atom is -0.497 e. The molecule has 3 heteroatoms. The summed E-state index contributed by atoms with van der Waals surface area (Å²) in [7, 11) is 1.70. The first kappa shape index (κ1) is 40.4. The molecule has 0 N–H and O–H groups in total. The molecule has 326 valence electrons. The van der Waals surface area contributed by atoms with Crippen molar-refractivity contribution in [1.82, 2.24) is 0 Å². The average Bonchev–Trinajstić information content (AvgIpc) is 3.96. The van der Waals surface area contributed by atoms with Crippen molar-refractivity contribution in [2.24, 2.45) is 0 Å². The number of para-hydroxylation sites is 2. The number of anilines is 3. The minimum absolute atomic E-state index is 0.466. The van der Waals surface area contributed by atoms with Crippen LogP contribution in [-0.2, 0) is 5.41 Å². The molecule has 0 saturated heterocycles. The van der Waals surface area contributed by atoms with Crippen LogP contribution in [0.4, 0.5) is 17.1 Å². The van der Waals surface area contributed by atoms with E-state index in [4.69, 9.17) is 9.15 Å². The Morgan fingerprint density at radius 2 is 0.899 bits per heavy atom. The van der Waals surface area contributed by atoms with Crippen LogP contribution >= 0.6 is 0 Å². The Kier molecular flexibility index (Phi) is 9.62. The van der Waals surface area contributed by atoms with E-state index in [1.165, 1.54) is 38.8 Å². The van der Waals surface area contributed by atoms with Crippen LogP contribution in [0.5, 0.6) is 5.75 Å². The van der Waals surface area contributed by atoms with Crippen LogP contribution in [0.25, 0.3) is 77.2 Å². The molecular formula is C66H45NO2. The highest BCUT2D eigenvalue weighted by Crippen LogP contribution is 2.57. The Hall–Kier alpha value is -8.92. The van der Waals surface area contributed by atoms with Gasteiger partial charge < -0.3 is 14.1 Å². The normalized spacial score (nSPS) is 12.5. The van der Waals surface area contributed by atoms with Gasteiger partial charge in [0.05, 0.1) is 18.2 Å². The van der Waals surface area contributed by atoms with Gasteiger partial charge in [-0.1, -0.05) is 200 Å². The van der Waals surface area contributed by atoms with Gasteiger partial charge in [0, 0.05) is 38.7 Å². The number of methoxy groups -OCH3 is 1. The summed E-state index contributed by atoms with van der Waals surface area (Å²) < 4.78 is 12.3. The molecule has 0 saturated carbocycles. The Morgan fingerprint density at radius 1 is 0.362 bits per heavy atom. The molecule has 1 aromatic heterocycles. The van der Waals surface area contributed by atoms with E-state index in [2.05, 4.69) is 248 Å². The van der Waals surface area contributed by atoms with Gasteiger partial charge in [0.2, 0.25) is 0 Å². The van der Waals surface area contributed by atoms with E-state index in [0.29, 0.717) is 0 Å². The van der Waals surface area contributed by atoms with Crippen molar-refractivity contribution < 1.29 is 9.15 Å². The molecule has 0 radical (unpaired) electrons. The summed E-state index contributed by atoms with van der Waals surface area (Å²) in [6.45, 7) is 0. The number of benzene rings is 11. The fraction of sp³-hybridized carbons (Fsp3) is 0.0303. The molecule has 0 aliphatic heterocycles. The van der Waals surface area contributed by atoms with Crippen LogP contribution in [-0.4, -0.2) is 7.11 Å². The quantitative estimate of drug-likeness (QED) is 0.144. The van der Waals surface area contributed by atoms with E-state index in [1.54, 1.807) is 7.11 Å². The summed E-state index contributed by atoms with van der Waals surface area (Å²) in [5, 5.41) is 4.54. The number of nitrogens with zero attached hydrogens (tertiary/aromatic N) is 1. The predicted molar refractivity (Wildman–Crippen MR) is 286 cm³/mol. The van der Waals surface area contributed by atoms with Crippen molar-refractivity contribution in [3.63, 3.8) is 0 Å². The standard InChI is InChI=1S/C66H45NO2/c1-68-53-39-31-45(32-40-53)44-27-35-51(36-28-44)67(52-37-29-47(30-38-52)56-23-14-24-58-59-41-33-46-15-8-9-21-55(46)65(59)69-64(56)58)63-26-13-11-20-54(63)48-34-42-62-60(43-48)57-22-10-12-25-61(57)66(62,49-16-4-2-5-17-49)50-18-6-3-7-19-50/h2-43H,1H3. The van der Waals surface area contributed by atoms with E-state index < -0.39 is 5.41 Å². The van der Waals surface area contributed by atoms with Gasteiger partial charge in [-0.05, 0) is 116 Å². The maximum Gasteiger partial charge on any atom is 0.143 e. The lowest BCUT2D eigenvalue weighted by Gasteiger charge is -2.34. The highest BCUT2D eigenvalue weighted by Gasteiger charge is 2.46. The second-order valence-corrected chi connectivity index (χ2v) is 17.9. The molecule has 1 aliphatic rings. The number of hydrogen-bond acceptors (Lipinski definition) is 3. The molecule has 0 amide bonds. The summed E-state index contributed by atoms with van der Waals surface area (Å²) in [6.07, 6.45) is 0. The fourth-order valence-corrected chi connectivity index (χ4v) is 11.1. The second-order valence-electron chi connectivity index (χ2n) is 17.9. The first-order chi connectivity index (χ1) is 34.2. The lowest BCUT2D eigenvalue weighted by molar-refractivity contribution is 0.415. The Bertz CT molecular complexity index is 3810. The largest absolute Gasteiger partial charge is 0.497 e. The van der Waals surface area contributed by atoms with Gasteiger partial charge in [0.1, 0.15) is 16.9 Å². The van der Waals surface area contributed by atoms with E-state index in [-0.39, 0.29) is 0 Å². The molecule has 0 bridgehead atoms. The molecular weight excluding hydrogens is 839 g/mol. The highest BCUT2D eigenvalue weighted by atomic mass is 16.5. The Balaban J connectivity index is 0.959. The topological polar surface area (TPSA) is 25.6 Å². The molecule has 3 nitrogen and oxygen atoms in total.